The number of rotatable bonds is 5. The molecule has 1 aromatic carbocycles. The van der Waals surface area contributed by atoms with Crippen LogP contribution in [0.4, 0.5) is 0 Å². The largest absolute Gasteiger partial charge is 0.343 e. The first-order valence-electron chi connectivity index (χ1n) is 7.54. The van der Waals surface area contributed by atoms with Gasteiger partial charge >= 0.3 is 0 Å². The topological polar surface area (TPSA) is 68.0 Å². The molecule has 4 heteroatoms. The fourth-order valence-corrected chi connectivity index (χ4v) is 2.39. The van der Waals surface area contributed by atoms with Gasteiger partial charge in [0.1, 0.15) is 0 Å². The van der Waals surface area contributed by atoms with Gasteiger partial charge in [0.05, 0.1) is 11.7 Å². The maximum Gasteiger partial charge on any atom is 0.251 e. The lowest BCUT2D eigenvalue weighted by molar-refractivity contribution is 0.0924. The average Bonchev–Trinajstić information content (AvgIpc) is 2.53. The molecule has 1 unspecified atom stereocenters. The van der Waals surface area contributed by atoms with Crippen molar-refractivity contribution in [2.24, 2.45) is 11.7 Å². The number of carbonyl (C=O) groups excluding carboxylic acids is 1. The van der Waals surface area contributed by atoms with Crippen molar-refractivity contribution in [1.29, 1.82) is 0 Å². The van der Waals surface area contributed by atoms with Gasteiger partial charge in [0, 0.05) is 18.3 Å². The SMILES string of the molecule is Cc1cccnc1C(NC(=O)c1ccc(CN)cc1)C(C)C. The highest BCUT2D eigenvalue weighted by Crippen LogP contribution is 2.23. The fraction of sp³-hybridized carbons (Fsp3) is 0.333. The summed E-state index contributed by atoms with van der Waals surface area (Å²) in [5, 5.41) is 3.09. The Kier molecular flexibility index (Phi) is 5.28. The van der Waals surface area contributed by atoms with Crippen LogP contribution in [0.25, 0.3) is 0 Å². The van der Waals surface area contributed by atoms with Crippen molar-refractivity contribution in [3.63, 3.8) is 0 Å². The van der Waals surface area contributed by atoms with Crippen LogP contribution >= 0.6 is 0 Å². The predicted octanol–water partition coefficient (Wildman–Crippen LogP) is 2.98. The third-order valence-electron chi connectivity index (χ3n) is 3.75. The van der Waals surface area contributed by atoms with Crippen molar-refractivity contribution >= 4 is 5.91 Å². The Morgan fingerprint density at radius 3 is 2.45 bits per heavy atom. The summed E-state index contributed by atoms with van der Waals surface area (Å²) in [7, 11) is 0. The smallest absolute Gasteiger partial charge is 0.251 e. The number of carbonyl (C=O) groups is 1. The minimum absolute atomic E-state index is 0.0904. The fourth-order valence-electron chi connectivity index (χ4n) is 2.39. The predicted molar refractivity (Wildman–Crippen MR) is 88.4 cm³/mol. The van der Waals surface area contributed by atoms with E-state index in [9.17, 15) is 4.79 Å². The first kappa shape index (κ1) is 16.2. The number of nitrogens with two attached hydrogens (primary N) is 1. The molecule has 0 saturated carbocycles. The zero-order chi connectivity index (χ0) is 16.1. The van der Waals surface area contributed by atoms with Gasteiger partial charge in [-0.25, -0.2) is 0 Å². The lowest BCUT2D eigenvalue weighted by Gasteiger charge is -2.23. The molecule has 0 bridgehead atoms. The number of hydrogen-bond donors (Lipinski definition) is 2. The van der Waals surface area contributed by atoms with E-state index in [2.05, 4.69) is 24.1 Å². The highest BCUT2D eigenvalue weighted by molar-refractivity contribution is 5.94. The van der Waals surface area contributed by atoms with Crippen molar-refractivity contribution in [2.75, 3.05) is 0 Å². The van der Waals surface area contributed by atoms with Crippen molar-refractivity contribution in [3.05, 3.63) is 65.0 Å². The minimum Gasteiger partial charge on any atom is -0.343 e. The van der Waals surface area contributed by atoms with E-state index in [0.717, 1.165) is 16.8 Å². The number of benzene rings is 1. The quantitative estimate of drug-likeness (QED) is 0.891. The monoisotopic (exact) mass is 297 g/mol. The number of hydrogen-bond acceptors (Lipinski definition) is 3. The van der Waals surface area contributed by atoms with E-state index in [1.54, 1.807) is 18.3 Å². The molecule has 0 saturated heterocycles. The summed E-state index contributed by atoms with van der Waals surface area (Å²) in [5.41, 5.74) is 9.23. The number of amides is 1. The average molecular weight is 297 g/mol. The van der Waals surface area contributed by atoms with Crippen LogP contribution < -0.4 is 11.1 Å². The molecule has 0 aliphatic heterocycles. The highest BCUT2D eigenvalue weighted by Gasteiger charge is 2.21. The standard InChI is InChI=1S/C18H23N3O/c1-12(2)16(17-13(3)5-4-10-20-17)21-18(22)15-8-6-14(11-19)7-9-15/h4-10,12,16H,11,19H2,1-3H3,(H,21,22). The zero-order valence-corrected chi connectivity index (χ0v) is 13.3. The Hall–Kier alpha value is -2.20. The van der Waals surface area contributed by atoms with Crippen molar-refractivity contribution in [2.45, 2.75) is 33.4 Å². The molecule has 1 amide bonds. The summed E-state index contributed by atoms with van der Waals surface area (Å²) < 4.78 is 0. The Morgan fingerprint density at radius 1 is 1.23 bits per heavy atom. The molecule has 0 radical (unpaired) electrons. The Bertz CT molecular complexity index is 635. The Labute approximate surface area is 131 Å². The molecule has 4 nitrogen and oxygen atoms in total. The van der Waals surface area contributed by atoms with Crippen LogP contribution in [-0.4, -0.2) is 10.9 Å². The normalized spacial score (nSPS) is 12.2. The van der Waals surface area contributed by atoms with E-state index >= 15 is 0 Å². The lowest BCUT2D eigenvalue weighted by Crippen LogP contribution is -2.32. The maximum atomic E-state index is 12.5. The zero-order valence-electron chi connectivity index (χ0n) is 13.3. The van der Waals surface area contributed by atoms with E-state index in [1.807, 2.05) is 31.2 Å². The van der Waals surface area contributed by atoms with Gasteiger partial charge in [0.25, 0.3) is 5.91 Å². The first-order valence-corrected chi connectivity index (χ1v) is 7.54. The summed E-state index contributed by atoms with van der Waals surface area (Å²) >= 11 is 0. The van der Waals surface area contributed by atoms with Gasteiger partial charge < -0.3 is 11.1 Å². The summed E-state index contributed by atoms with van der Waals surface area (Å²) in [6.45, 7) is 6.65. The van der Waals surface area contributed by atoms with Crippen molar-refractivity contribution < 1.29 is 4.79 Å². The molecule has 2 rings (SSSR count). The van der Waals surface area contributed by atoms with Crippen molar-refractivity contribution in [1.82, 2.24) is 10.3 Å². The highest BCUT2D eigenvalue weighted by atomic mass is 16.1. The molecule has 0 aliphatic rings. The molecule has 22 heavy (non-hydrogen) atoms. The van der Waals surface area contributed by atoms with Crippen molar-refractivity contribution in [3.8, 4) is 0 Å². The number of pyridine rings is 1. The molecule has 0 aliphatic carbocycles. The second-order valence-electron chi connectivity index (χ2n) is 5.80. The number of aromatic nitrogens is 1. The van der Waals surface area contributed by atoms with Gasteiger partial charge in [0.2, 0.25) is 0 Å². The summed E-state index contributed by atoms with van der Waals surface area (Å²) in [6.07, 6.45) is 1.76. The number of nitrogens with one attached hydrogen (secondary N) is 1. The molecular formula is C18H23N3O. The molecule has 3 N–H and O–H groups in total. The minimum atomic E-state index is -0.108. The van der Waals surface area contributed by atoms with Crippen LogP contribution in [0.3, 0.4) is 0 Å². The molecule has 0 spiro atoms. The van der Waals surface area contributed by atoms with Crippen LogP contribution in [-0.2, 0) is 6.54 Å². The molecule has 1 atom stereocenters. The van der Waals surface area contributed by atoms with Gasteiger partial charge in [-0.1, -0.05) is 32.0 Å². The van der Waals surface area contributed by atoms with Crippen LogP contribution in [0.15, 0.2) is 42.6 Å². The summed E-state index contributed by atoms with van der Waals surface area (Å²) in [5.74, 6) is 0.160. The van der Waals surface area contributed by atoms with E-state index in [0.29, 0.717) is 12.1 Å². The third kappa shape index (κ3) is 3.71. The molecule has 116 valence electrons. The van der Waals surface area contributed by atoms with E-state index < -0.39 is 0 Å². The van der Waals surface area contributed by atoms with Gasteiger partial charge in [0.15, 0.2) is 0 Å². The number of aryl methyl sites for hydroxylation is 1. The molecule has 1 aromatic heterocycles. The third-order valence-corrected chi connectivity index (χ3v) is 3.75. The summed E-state index contributed by atoms with van der Waals surface area (Å²) in [6, 6.07) is 11.2. The van der Waals surface area contributed by atoms with Gasteiger partial charge in [-0.3, -0.25) is 9.78 Å². The Balaban J connectivity index is 2.20. The van der Waals surface area contributed by atoms with E-state index in [1.165, 1.54) is 0 Å². The van der Waals surface area contributed by atoms with E-state index in [4.69, 9.17) is 5.73 Å². The second-order valence-corrected chi connectivity index (χ2v) is 5.80. The molecule has 0 fully saturated rings. The van der Waals surface area contributed by atoms with Crippen LogP contribution in [0.2, 0.25) is 0 Å². The van der Waals surface area contributed by atoms with Crippen LogP contribution in [0.1, 0.15) is 47.1 Å². The lowest BCUT2D eigenvalue weighted by atomic mass is 9.97. The second kappa shape index (κ2) is 7.18. The number of nitrogens with zero attached hydrogens (tertiary/aromatic N) is 1. The molecule has 2 aromatic rings. The summed E-state index contributed by atoms with van der Waals surface area (Å²) in [4.78, 5) is 16.9. The Morgan fingerprint density at radius 2 is 1.91 bits per heavy atom. The van der Waals surface area contributed by atoms with Gasteiger partial charge in [-0.05, 0) is 42.2 Å². The van der Waals surface area contributed by atoms with E-state index in [-0.39, 0.29) is 17.9 Å². The molecular weight excluding hydrogens is 274 g/mol. The van der Waals surface area contributed by atoms with Crippen LogP contribution in [0.5, 0.6) is 0 Å². The van der Waals surface area contributed by atoms with Gasteiger partial charge in [-0.2, -0.15) is 0 Å². The van der Waals surface area contributed by atoms with Crippen LogP contribution in [0, 0.1) is 12.8 Å². The first-order chi connectivity index (χ1) is 10.5. The maximum absolute atomic E-state index is 12.5. The van der Waals surface area contributed by atoms with Gasteiger partial charge in [-0.15, -0.1) is 0 Å². The molecule has 1 heterocycles.